The van der Waals surface area contributed by atoms with Crippen LogP contribution < -0.4 is 10.2 Å². The number of hydrogen-bond acceptors (Lipinski definition) is 7. The number of amides is 1. The van der Waals surface area contributed by atoms with Crippen molar-refractivity contribution in [2.24, 2.45) is 0 Å². The standard InChI is InChI=1S/C32H27N7O/c33-19-23-3-5-26(6-4-23)32(40)36-28-10-7-25(8-11-28)27-9-12-29-30(18-27)37-31(21-35-29)39-16-14-38(15-17-39)22-24-2-1-13-34-20-24/h1-13,18,20-21H,14-17,22H2,(H,36,40). The zero-order chi connectivity index (χ0) is 27.3. The molecule has 1 aliphatic heterocycles. The molecule has 1 saturated heterocycles. The second-order valence-electron chi connectivity index (χ2n) is 9.78. The molecule has 0 atom stereocenters. The summed E-state index contributed by atoms with van der Waals surface area (Å²) in [6.07, 6.45) is 5.60. The largest absolute Gasteiger partial charge is 0.353 e. The minimum absolute atomic E-state index is 0.219. The Morgan fingerprint density at radius 2 is 1.65 bits per heavy atom. The van der Waals surface area contributed by atoms with Gasteiger partial charge in [-0.25, -0.2) is 4.98 Å². The molecule has 3 heterocycles. The van der Waals surface area contributed by atoms with Gasteiger partial charge in [0.1, 0.15) is 5.82 Å². The fourth-order valence-electron chi connectivity index (χ4n) is 4.86. The van der Waals surface area contributed by atoms with E-state index < -0.39 is 0 Å². The van der Waals surface area contributed by atoms with Gasteiger partial charge in [-0.15, -0.1) is 0 Å². The smallest absolute Gasteiger partial charge is 0.255 e. The predicted molar refractivity (Wildman–Crippen MR) is 156 cm³/mol. The van der Waals surface area contributed by atoms with E-state index in [0.717, 1.165) is 60.7 Å². The van der Waals surface area contributed by atoms with Crippen LogP contribution in [0, 0.1) is 11.3 Å². The minimum atomic E-state index is -0.219. The highest BCUT2D eigenvalue weighted by Crippen LogP contribution is 2.26. The zero-order valence-corrected chi connectivity index (χ0v) is 21.9. The summed E-state index contributed by atoms with van der Waals surface area (Å²) in [4.78, 5) is 31.1. The Labute approximate surface area is 232 Å². The van der Waals surface area contributed by atoms with Crippen molar-refractivity contribution >= 4 is 28.4 Å². The summed E-state index contributed by atoms with van der Waals surface area (Å²) in [6, 6.07) is 26.5. The van der Waals surface area contributed by atoms with Gasteiger partial charge in [0.05, 0.1) is 28.9 Å². The van der Waals surface area contributed by atoms with Gasteiger partial charge in [0.25, 0.3) is 5.91 Å². The maximum atomic E-state index is 12.6. The second-order valence-corrected chi connectivity index (χ2v) is 9.78. The number of fused-ring (bicyclic) bond motifs is 1. The molecule has 1 amide bonds. The number of carbonyl (C=O) groups excluding carboxylic acids is 1. The molecule has 0 spiro atoms. The van der Waals surface area contributed by atoms with Crippen LogP contribution in [-0.2, 0) is 6.54 Å². The maximum Gasteiger partial charge on any atom is 0.255 e. The fraction of sp³-hybridized carbons (Fsp3) is 0.156. The Morgan fingerprint density at radius 1 is 0.875 bits per heavy atom. The van der Waals surface area contributed by atoms with E-state index in [1.54, 1.807) is 30.5 Å². The van der Waals surface area contributed by atoms with Crippen molar-refractivity contribution in [2.75, 3.05) is 36.4 Å². The van der Waals surface area contributed by atoms with Gasteiger partial charge in [-0.1, -0.05) is 24.3 Å². The molecule has 196 valence electrons. The predicted octanol–water partition coefficient (Wildman–Crippen LogP) is 5.14. The fourth-order valence-corrected chi connectivity index (χ4v) is 4.86. The van der Waals surface area contributed by atoms with E-state index in [0.29, 0.717) is 16.8 Å². The van der Waals surface area contributed by atoms with Gasteiger partial charge in [-0.3, -0.25) is 19.7 Å². The average Bonchev–Trinajstić information content (AvgIpc) is 3.02. The van der Waals surface area contributed by atoms with Crippen LogP contribution in [0.3, 0.4) is 0 Å². The van der Waals surface area contributed by atoms with E-state index >= 15 is 0 Å². The first kappa shape index (κ1) is 25.2. The summed E-state index contributed by atoms with van der Waals surface area (Å²) >= 11 is 0. The van der Waals surface area contributed by atoms with Crippen LogP contribution >= 0.6 is 0 Å². The van der Waals surface area contributed by atoms with E-state index in [-0.39, 0.29) is 5.91 Å². The number of nitrogens with zero attached hydrogens (tertiary/aromatic N) is 6. The van der Waals surface area contributed by atoms with Crippen LogP contribution in [0.4, 0.5) is 11.5 Å². The number of nitrogens with one attached hydrogen (secondary N) is 1. The number of pyridine rings is 1. The zero-order valence-electron chi connectivity index (χ0n) is 21.9. The molecule has 0 bridgehead atoms. The van der Waals surface area contributed by atoms with Crippen LogP contribution in [0.15, 0.2) is 97.5 Å². The van der Waals surface area contributed by atoms with Crippen LogP contribution in [0.1, 0.15) is 21.5 Å². The molecule has 1 aliphatic rings. The summed E-state index contributed by atoms with van der Waals surface area (Å²) in [7, 11) is 0. The lowest BCUT2D eigenvalue weighted by Gasteiger charge is -2.35. The number of rotatable bonds is 6. The van der Waals surface area contributed by atoms with Gasteiger partial charge in [0.15, 0.2) is 0 Å². The molecule has 0 radical (unpaired) electrons. The molecular formula is C32H27N7O. The highest BCUT2D eigenvalue weighted by molar-refractivity contribution is 6.04. The third kappa shape index (κ3) is 5.65. The average molecular weight is 526 g/mol. The molecule has 1 fully saturated rings. The second kappa shape index (κ2) is 11.3. The summed E-state index contributed by atoms with van der Waals surface area (Å²) in [5, 5.41) is 11.8. The van der Waals surface area contributed by atoms with E-state index in [1.807, 2.05) is 54.9 Å². The number of carbonyl (C=O) groups is 1. The van der Waals surface area contributed by atoms with E-state index in [9.17, 15) is 4.79 Å². The first-order valence-corrected chi connectivity index (χ1v) is 13.2. The van der Waals surface area contributed by atoms with Gasteiger partial charge in [-0.05, 0) is 71.3 Å². The van der Waals surface area contributed by atoms with Crippen molar-refractivity contribution in [2.45, 2.75) is 6.54 Å². The van der Waals surface area contributed by atoms with Crippen LogP contribution in [0.2, 0.25) is 0 Å². The van der Waals surface area contributed by atoms with Crippen molar-refractivity contribution in [3.05, 3.63) is 114 Å². The topological polar surface area (TPSA) is 98.0 Å². The van der Waals surface area contributed by atoms with E-state index in [4.69, 9.17) is 10.2 Å². The molecule has 6 rings (SSSR count). The summed E-state index contributed by atoms with van der Waals surface area (Å²) in [5.74, 6) is 0.676. The monoisotopic (exact) mass is 525 g/mol. The normalized spacial score (nSPS) is 13.6. The molecule has 2 aromatic heterocycles. The highest BCUT2D eigenvalue weighted by Gasteiger charge is 2.19. The molecule has 0 aliphatic carbocycles. The third-order valence-corrected chi connectivity index (χ3v) is 7.11. The Morgan fingerprint density at radius 3 is 2.38 bits per heavy atom. The lowest BCUT2D eigenvalue weighted by Crippen LogP contribution is -2.46. The lowest BCUT2D eigenvalue weighted by molar-refractivity contribution is 0.102. The molecule has 8 heteroatoms. The summed E-state index contributed by atoms with van der Waals surface area (Å²) < 4.78 is 0. The molecular weight excluding hydrogens is 498 g/mol. The summed E-state index contributed by atoms with van der Waals surface area (Å²) in [5.41, 5.74) is 6.72. The lowest BCUT2D eigenvalue weighted by atomic mass is 10.0. The highest BCUT2D eigenvalue weighted by atomic mass is 16.1. The number of nitriles is 1. The van der Waals surface area contributed by atoms with Crippen molar-refractivity contribution in [1.29, 1.82) is 5.26 Å². The molecule has 1 N–H and O–H groups in total. The Balaban J connectivity index is 1.12. The Bertz CT molecular complexity index is 1670. The molecule has 5 aromatic rings. The third-order valence-electron chi connectivity index (χ3n) is 7.11. The van der Waals surface area contributed by atoms with Gasteiger partial charge in [0.2, 0.25) is 0 Å². The van der Waals surface area contributed by atoms with Gasteiger partial charge in [-0.2, -0.15) is 5.26 Å². The Hall–Kier alpha value is -5.13. The molecule has 8 nitrogen and oxygen atoms in total. The van der Waals surface area contributed by atoms with E-state index in [2.05, 4.69) is 43.3 Å². The number of benzene rings is 3. The summed E-state index contributed by atoms with van der Waals surface area (Å²) in [6.45, 7) is 4.63. The van der Waals surface area contributed by atoms with Gasteiger partial charge < -0.3 is 10.2 Å². The Kier molecular flexibility index (Phi) is 7.12. The van der Waals surface area contributed by atoms with Crippen LogP contribution in [0.25, 0.3) is 22.2 Å². The van der Waals surface area contributed by atoms with Gasteiger partial charge >= 0.3 is 0 Å². The number of hydrogen-bond donors (Lipinski definition) is 1. The number of piperazine rings is 1. The van der Waals surface area contributed by atoms with Crippen LogP contribution in [-0.4, -0.2) is 51.9 Å². The molecule has 40 heavy (non-hydrogen) atoms. The minimum Gasteiger partial charge on any atom is -0.353 e. The molecule has 0 unspecified atom stereocenters. The SMILES string of the molecule is N#Cc1ccc(C(=O)Nc2ccc(-c3ccc4ncc(N5CCN(Cc6cccnc6)CC5)nc4c3)cc2)cc1. The van der Waals surface area contributed by atoms with Crippen molar-refractivity contribution in [1.82, 2.24) is 19.9 Å². The van der Waals surface area contributed by atoms with Gasteiger partial charge in [0, 0.05) is 56.4 Å². The van der Waals surface area contributed by atoms with Crippen molar-refractivity contribution in [3.63, 3.8) is 0 Å². The molecule has 3 aromatic carbocycles. The first-order chi connectivity index (χ1) is 19.6. The number of aromatic nitrogens is 3. The van der Waals surface area contributed by atoms with Crippen LogP contribution in [0.5, 0.6) is 0 Å². The maximum absolute atomic E-state index is 12.6. The molecule has 0 saturated carbocycles. The van der Waals surface area contributed by atoms with Crippen molar-refractivity contribution in [3.8, 4) is 17.2 Å². The van der Waals surface area contributed by atoms with E-state index in [1.165, 1.54) is 5.56 Å². The van der Waals surface area contributed by atoms with Crippen molar-refractivity contribution < 1.29 is 4.79 Å². The number of anilines is 2. The quantitative estimate of drug-likeness (QED) is 0.328. The first-order valence-electron chi connectivity index (χ1n) is 13.2.